The first-order valence-electron chi connectivity index (χ1n) is 6.19. The molecule has 2 aliphatic rings. The highest BCUT2D eigenvalue weighted by Crippen LogP contribution is 2.17. The summed E-state index contributed by atoms with van der Waals surface area (Å²) in [5.41, 5.74) is 0. The van der Waals surface area contributed by atoms with Gasteiger partial charge < -0.3 is 5.32 Å². The van der Waals surface area contributed by atoms with Crippen LogP contribution in [0.5, 0.6) is 0 Å². The summed E-state index contributed by atoms with van der Waals surface area (Å²) in [5.74, 6) is -0.548. The van der Waals surface area contributed by atoms with Gasteiger partial charge in [-0.15, -0.1) is 5.11 Å². The smallest absolute Gasteiger partial charge is 0.287 e. The van der Waals surface area contributed by atoms with Gasteiger partial charge in [-0.05, 0) is 18.9 Å². The van der Waals surface area contributed by atoms with Gasteiger partial charge in [0.15, 0.2) is 6.04 Å². The van der Waals surface area contributed by atoms with E-state index in [9.17, 15) is 9.59 Å². The number of nitrogens with one attached hydrogen (secondary N) is 1. The Labute approximate surface area is 100 Å². The Morgan fingerprint density at radius 3 is 2.53 bits per heavy atom. The van der Waals surface area contributed by atoms with Crippen LogP contribution in [0.2, 0.25) is 0 Å². The molecule has 17 heavy (non-hydrogen) atoms. The highest BCUT2D eigenvalue weighted by atomic mass is 16.2. The zero-order chi connectivity index (χ0) is 12.1. The first-order chi connectivity index (χ1) is 8.25. The molecule has 5 nitrogen and oxygen atoms in total. The minimum atomic E-state index is -0.629. The first-order valence-corrected chi connectivity index (χ1v) is 6.19. The van der Waals surface area contributed by atoms with Crippen molar-refractivity contribution in [3.05, 3.63) is 12.2 Å². The normalized spacial score (nSPS) is 25.6. The molecule has 92 valence electrons. The molecule has 0 aromatic carbocycles. The van der Waals surface area contributed by atoms with E-state index in [1.165, 1.54) is 37.8 Å². The molecule has 2 rings (SSSR count). The molecule has 1 fully saturated rings. The molecule has 1 saturated carbocycles. The van der Waals surface area contributed by atoms with Crippen LogP contribution in [-0.2, 0) is 9.59 Å². The number of carbonyl (C=O) groups is 2. The molecule has 1 N–H and O–H groups in total. The Morgan fingerprint density at radius 2 is 1.94 bits per heavy atom. The van der Waals surface area contributed by atoms with E-state index in [1.807, 2.05) is 0 Å². The standard InChI is InChI=1S/C12H17N3O2/c16-11-8-7-10(14-15-11)12(17)13-9-5-3-1-2-4-6-9/h7-10H,1-6H2,(H,13,17). The summed E-state index contributed by atoms with van der Waals surface area (Å²) < 4.78 is 0. The molecule has 0 aromatic heterocycles. The van der Waals surface area contributed by atoms with Crippen molar-refractivity contribution in [2.45, 2.75) is 50.6 Å². The molecule has 1 aliphatic carbocycles. The maximum absolute atomic E-state index is 11.9. The van der Waals surface area contributed by atoms with Crippen LogP contribution in [0.15, 0.2) is 22.4 Å². The molecule has 1 aliphatic heterocycles. The number of nitrogens with zero attached hydrogens (tertiary/aromatic N) is 2. The van der Waals surface area contributed by atoms with Crippen molar-refractivity contribution < 1.29 is 9.59 Å². The number of azo groups is 1. The third-order valence-corrected chi connectivity index (χ3v) is 3.17. The largest absolute Gasteiger partial charge is 0.351 e. The zero-order valence-corrected chi connectivity index (χ0v) is 9.76. The van der Waals surface area contributed by atoms with E-state index >= 15 is 0 Å². The van der Waals surface area contributed by atoms with Crippen LogP contribution in [-0.4, -0.2) is 23.9 Å². The van der Waals surface area contributed by atoms with Crippen molar-refractivity contribution in [3.63, 3.8) is 0 Å². The van der Waals surface area contributed by atoms with E-state index in [1.54, 1.807) is 0 Å². The number of amides is 2. The lowest BCUT2D eigenvalue weighted by molar-refractivity contribution is -0.122. The van der Waals surface area contributed by atoms with Crippen molar-refractivity contribution >= 4 is 11.8 Å². The monoisotopic (exact) mass is 235 g/mol. The Hall–Kier alpha value is -1.52. The van der Waals surface area contributed by atoms with Gasteiger partial charge in [-0.1, -0.05) is 25.7 Å². The first kappa shape index (κ1) is 12.0. The molecule has 0 radical (unpaired) electrons. The summed E-state index contributed by atoms with van der Waals surface area (Å²) in [7, 11) is 0. The number of rotatable bonds is 2. The zero-order valence-electron chi connectivity index (χ0n) is 9.76. The minimum Gasteiger partial charge on any atom is -0.351 e. The molecule has 0 saturated heterocycles. The van der Waals surface area contributed by atoms with E-state index < -0.39 is 11.9 Å². The average Bonchev–Trinajstić information content (AvgIpc) is 2.58. The van der Waals surface area contributed by atoms with Gasteiger partial charge in [-0.3, -0.25) is 9.59 Å². The van der Waals surface area contributed by atoms with Crippen LogP contribution < -0.4 is 5.32 Å². The molecule has 1 heterocycles. The topological polar surface area (TPSA) is 70.9 Å². The van der Waals surface area contributed by atoms with E-state index in [-0.39, 0.29) is 11.9 Å². The third-order valence-electron chi connectivity index (χ3n) is 3.17. The van der Waals surface area contributed by atoms with Gasteiger partial charge in [0.1, 0.15) is 0 Å². The van der Waals surface area contributed by atoms with Crippen molar-refractivity contribution in [3.8, 4) is 0 Å². The van der Waals surface area contributed by atoms with E-state index in [2.05, 4.69) is 15.5 Å². The van der Waals surface area contributed by atoms with Crippen LogP contribution in [0.1, 0.15) is 38.5 Å². The Morgan fingerprint density at radius 1 is 1.24 bits per heavy atom. The third kappa shape index (κ3) is 3.47. The Kier molecular flexibility index (Phi) is 4.01. The highest BCUT2D eigenvalue weighted by Gasteiger charge is 2.21. The predicted molar refractivity (Wildman–Crippen MR) is 62.4 cm³/mol. The number of hydrogen-bond acceptors (Lipinski definition) is 3. The fourth-order valence-electron chi connectivity index (χ4n) is 2.21. The molecule has 1 atom stereocenters. The SMILES string of the molecule is O=C1C=CC(C(=O)NC2CCCCCC2)N=N1. The van der Waals surface area contributed by atoms with Crippen molar-refractivity contribution in [2.24, 2.45) is 10.2 Å². The van der Waals surface area contributed by atoms with Crippen molar-refractivity contribution in [1.82, 2.24) is 5.32 Å². The van der Waals surface area contributed by atoms with E-state index in [0.717, 1.165) is 12.8 Å². The van der Waals surface area contributed by atoms with Gasteiger partial charge in [0.05, 0.1) is 0 Å². The number of carbonyl (C=O) groups excluding carboxylic acids is 2. The summed E-state index contributed by atoms with van der Waals surface area (Å²) in [6, 6.07) is -0.373. The lowest BCUT2D eigenvalue weighted by Gasteiger charge is -2.18. The van der Waals surface area contributed by atoms with Crippen LogP contribution in [0.25, 0.3) is 0 Å². The average molecular weight is 235 g/mol. The maximum atomic E-state index is 11.9. The Bertz CT molecular complexity index is 339. The quantitative estimate of drug-likeness (QED) is 0.740. The summed E-state index contributed by atoms with van der Waals surface area (Å²) in [6.07, 6.45) is 9.73. The molecule has 2 amide bonds. The van der Waals surface area contributed by atoms with E-state index in [0.29, 0.717) is 0 Å². The van der Waals surface area contributed by atoms with Gasteiger partial charge in [-0.25, -0.2) is 0 Å². The predicted octanol–water partition coefficient (Wildman–Crippen LogP) is 1.74. The summed E-state index contributed by atoms with van der Waals surface area (Å²) in [4.78, 5) is 22.6. The van der Waals surface area contributed by atoms with Crippen LogP contribution in [0.4, 0.5) is 0 Å². The summed E-state index contributed by atoms with van der Waals surface area (Å²) in [6.45, 7) is 0. The second kappa shape index (κ2) is 5.70. The molecule has 0 bridgehead atoms. The molecule has 5 heteroatoms. The second-order valence-electron chi connectivity index (χ2n) is 4.55. The Balaban J connectivity index is 1.86. The lowest BCUT2D eigenvalue weighted by Crippen LogP contribution is -2.40. The van der Waals surface area contributed by atoms with Crippen LogP contribution in [0.3, 0.4) is 0 Å². The highest BCUT2D eigenvalue weighted by molar-refractivity contribution is 5.92. The van der Waals surface area contributed by atoms with Gasteiger partial charge in [0, 0.05) is 12.1 Å². The lowest BCUT2D eigenvalue weighted by atomic mass is 10.1. The molecular weight excluding hydrogens is 218 g/mol. The number of hydrogen-bond donors (Lipinski definition) is 1. The van der Waals surface area contributed by atoms with Crippen LogP contribution >= 0.6 is 0 Å². The van der Waals surface area contributed by atoms with Gasteiger partial charge in [0.2, 0.25) is 0 Å². The van der Waals surface area contributed by atoms with Gasteiger partial charge >= 0.3 is 0 Å². The van der Waals surface area contributed by atoms with Crippen molar-refractivity contribution in [1.29, 1.82) is 0 Å². The van der Waals surface area contributed by atoms with Crippen LogP contribution in [0, 0.1) is 0 Å². The molecule has 0 spiro atoms. The molecular formula is C12H17N3O2. The fourth-order valence-corrected chi connectivity index (χ4v) is 2.21. The van der Waals surface area contributed by atoms with Gasteiger partial charge in [-0.2, -0.15) is 5.11 Å². The van der Waals surface area contributed by atoms with Crippen molar-refractivity contribution in [2.75, 3.05) is 0 Å². The summed E-state index contributed by atoms with van der Waals surface area (Å²) in [5, 5.41) is 10.0. The maximum Gasteiger partial charge on any atom is 0.287 e. The summed E-state index contributed by atoms with van der Waals surface area (Å²) >= 11 is 0. The molecule has 1 unspecified atom stereocenters. The van der Waals surface area contributed by atoms with Gasteiger partial charge in [0.25, 0.3) is 11.8 Å². The minimum absolute atomic E-state index is 0.149. The van der Waals surface area contributed by atoms with E-state index in [4.69, 9.17) is 0 Å². The fraction of sp³-hybridized carbons (Fsp3) is 0.667. The second-order valence-corrected chi connectivity index (χ2v) is 4.55. The molecule has 0 aromatic rings.